The van der Waals surface area contributed by atoms with E-state index in [1.807, 2.05) is 6.92 Å². The average Bonchev–Trinajstić information content (AvgIpc) is 2.62. The third kappa shape index (κ3) is 3.86. The van der Waals surface area contributed by atoms with E-state index in [1.165, 1.54) is 11.5 Å². The van der Waals surface area contributed by atoms with E-state index in [4.69, 9.17) is 15.2 Å². The van der Waals surface area contributed by atoms with Crippen LogP contribution in [0.1, 0.15) is 19.8 Å². The van der Waals surface area contributed by atoms with Crippen molar-refractivity contribution in [3.8, 4) is 5.75 Å². The average molecular weight is 245 g/mol. The first-order chi connectivity index (χ1) is 7.79. The molecular weight excluding hydrogens is 226 g/mol. The van der Waals surface area contributed by atoms with E-state index in [0.717, 1.165) is 31.0 Å². The lowest BCUT2D eigenvalue weighted by atomic mass is 10.3. The van der Waals surface area contributed by atoms with Gasteiger partial charge in [0.2, 0.25) is 0 Å². The molecule has 1 rings (SSSR count). The minimum atomic E-state index is 0.464. The van der Waals surface area contributed by atoms with Gasteiger partial charge in [0.05, 0.1) is 6.61 Å². The lowest BCUT2D eigenvalue weighted by Gasteiger charge is -2.07. The van der Waals surface area contributed by atoms with Crippen LogP contribution >= 0.6 is 11.5 Å². The molecule has 0 atom stereocenters. The van der Waals surface area contributed by atoms with Gasteiger partial charge in [-0.15, -0.1) is 0 Å². The van der Waals surface area contributed by atoms with Gasteiger partial charge in [-0.05, 0) is 31.3 Å². The summed E-state index contributed by atoms with van der Waals surface area (Å²) in [5.41, 5.74) is 5.69. The molecule has 0 aliphatic heterocycles. The summed E-state index contributed by atoms with van der Waals surface area (Å²) in [5, 5.41) is 4.19. The van der Waals surface area contributed by atoms with Crippen LogP contribution in [0, 0.1) is 0 Å². The van der Waals surface area contributed by atoms with Gasteiger partial charge in [0.15, 0.2) is 16.6 Å². The molecule has 1 heterocycles. The molecular formula is C10H19N3O2S. The van der Waals surface area contributed by atoms with Crippen LogP contribution in [0.15, 0.2) is 0 Å². The van der Waals surface area contributed by atoms with Crippen molar-refractivity contribution in [2.24, 2.45) is 0 Å². The van der Waals surface area contributed by atoms with Crippen LogP contribution in [-0.4, -0.2) is 31.2 Å². The van der Waals surface area contributed by atoms with Crippen molar-refractivity contribution in [2.75, 3.05) is 37.9 Å². The number of nitrogens with one attached hydrogen (secondary N) is 1. The maximum Gasteiger partial charge on any atom is 0.197 e. The summed E-state index contributed by atoms with van der Waals surface area (Å²) in [6.45, 7) is 4.20. The highest BCUT2D eigenvalue weighted by Gasteiger charge is 2.11. The standard InChI is InChI=1S/C10H19N3O2S/c1-3-15-8-9(11)13-16-10(8)12-6-4-5-7-14-2/h12H,3-7H2,1-2H3,(H2,11,13). The molecule has 1 aromatic heterocycles. The van der Waals surface area contributed by atoms with Gasteiger partial charge in [-0.3, -0.25) is 0 Å². The molecule has 0 radical (unpaired) electrons. The summed E-state index contributed by atoms with van der Waals surface area (Å²) < 4.78 is 14.5. The molecule has 0 aliphatic carbocycles. The number of rotatable bonds is 8. The Balaban J connectivity index is 2.35. The highest BCUT2D eigenvalue weighted by Crippen LogP contribution is 2.34. The van der Waals surface area contributed by atoms with Crippen molar-refractivity contribution in [3.05, 3.63) is 0 Å². The number of methoxy groups -OCH3 is 1. The van der Waals surface area contributed by atoms with Gasteiger partial charge in [0.25, 0.3) is 0 Å². The number of ether oxygens (including phenoxy) is 2. The molecule has 5 nitrogen and oxygen atoms in total. The quantitative estimate of drug-likeness (QED) is 0.685. The second kappa shape index (κ2) is 7.29. The van der Waals surface area contributed by atoms with Gasteiger partial charge in [-0.25, -0.2) is 0 Å². The molecule has 0 bridgehead atoms. The molecule has 1 aromatic rings. The first-order valence-electron chi connectivity index (χ1n) is 5.40. The summed E-state index contributed by atoms with van der Waals surface area (Å²) in [7, 11) is 1.71. The van der Waals surface area contributed by atoms with E-state index in [0.29, 0.717) is 18.2 Å². The van der Waals surface area contributed by atoms with E-state index in [9.17, 15) is 0 Å². The summed E-state index contributed by atoms with van der Waals surface area (Å²) in [4.78, 5) is 0. The number of unbranched alkanes of at least 4 members (excludes halogenated alkanes) is 1. The molecule has 0 unspecified atom stereocenters. The Morgan fingerprint density at radius 3 is 2.94 bits per heavy atom. The van der Waals surface area contributed by atoms with E-state index in [1.54, 1.807) is 7.11 Å². The lowest BCUT2D eigenvalue weighted by Crippen LogP contribution is -2.04. The fourth-order valence-corrected chi connectivity index (χ4v) is 1.95. The Hall–Kier alpha value is -1.01. The maximum absolute atomic E-state index is 5.69. The molecule has 0 aliphatic rings. The number of nitrogen functional groups attached to an aromatic ring is 1. The highest BCUT2D eigenvalue weighted by atomic mass is 32.1. The topological polar surface area (TPSA) is 69.4 Å². The molecule has 6 heteroatoms. The zero-order valence-corrected chi connectivity index (χ0v) is 10.6. The van der Waals surface area contributed by atoms with Crippen LogP contribution < -0.4 is 15.8 Å². The Morgan fingerprint density at radius 1 is 1.44 bits per heavy atom. The van der Waals surface area contributed by atoms with Crippen molar-refractivity contribution in [1.29, 1.82) is 0 Å². The Bertz CT molecular complexity index is 304. The number of hydrogen-bond donors (Lipinski definition) is 2. The molecule has 16 heavy (non-hydrogen) atoms. The van der Waals surface area contributed by atoms with Crippen LogP contribution in [0.4, 0.5) is 10.8 Å². The van der Waals surface area contributed by atoms with Gasteiger partial charge < -0.3 is 20.5 Å². The number of aromatic nitrogens is 1. The van der Waals surface area contributed by atoms with Crippen LogP contribution in [0.5, 0.6) is 5.75 Å². The molecule has 0 spiro atoms. The minimum Gasteiger partial charge on any atom is -0.487 e. The molecule has 92 valence electrons. The second-order valence-corrected chi connectivity index (χ2v) is 4.06. The Kier molecular flexibility index (Phi) is 5.95. The maximum atomic E-state index is 5.69. The third-order valence-electron chi connectivity index (χ3n) is 2.02. The molecule has 3 N–H and O–H groups in total. The van der Waals surface area contributed by atoms with Gasteiger partial charge >= 0.3 is 0 Å². The zero-order valence-electron chi connectivity index (χ0n) is 9.78. The van der Waals surface area contributed by atoms with Crippen LogP contribution in [0.3, 0.4) is 0 Å². The van der Waals surface area contributed by atoms with Crippen LogP contribution in [-0.2, 0) is 4.74 Å². The summed E-state index contributed by atoms with van der Waals surface area (Å²) in [5.74, 6) is 1.14. The fourth-order valence-electron chi connectivity index (χ4n) is 1.26. The van der Waals surface area contributed by atoms with Crippen molar-refractivity contribution in [2.45, 2.75) is 19.8 Å². The number of anilines is 2. The largest absolute Gasteiger partial charge is 0.487 e. The predicted molar refractivity (Wildman–Crippen MR) is 67.3 cm³/mol. The van der Waals surface area contributed by atoms with E-state index < -0.39 is 0 Å². The monoisotopic (exact) mass is 245 g/mol. The van der Waals surface area contributed by atoms with E-state index in [2.05, 4.69) is 9.69 Å². The van der Waals surface area contributed by atoms with Gasteiger partial charge in [0, 0.05) is 20.3 Å². The first kappa shape index (κ1) is 13.1. The second-order valence-electron chi connectivity index (χ2n) is 3.29. The van der Waals surface area contributed by atoms with Crippen LogP contribution in [0.25, 0.3) is 0 Å². The molecule has 0 amide bonds. The fraction of sp³-hybridized carbons (Fsp3) is 0.700. The van der Waals surface area contributed by atoms with Gasteiger partial charge in [0.1, 0.15) is 0 Å². The Morgan fingerprint density at radius 2 is 2.25 bits per heavy atom. The van der Waals surface area contributed by atoms with E-state index in [-0.39, 0.29) is 0 Å². The van der Waals surface area contributed by atoms with Crippen molar-refractivity contribution in [1.82, 2.24) is 4.37 Å². The minimum absolute atomic E-state index is 0.464. The smallest absolute Gasteiger partial charge is 0.197 e. The van der Waals surface area contributed by atoms with E-state index >= 15 is 0 Å². The van der Waals surface area contributed by atoms with Crippen molar-refractivity contribution >= 4 is 22.4 Å². The SMILES string of the molecule is CCOc1c(N)nsc1NCCCCOC. The Labute approximate surface area is 100 Å². The zero-order chi connectivity index (χ0) is 11.8. The summed E-state index contributed by atoms with van der Waals surface area (Å²) >= 11 is 1.34. The van der Waals surface area contributed by atoms with Crippen LogP contribution in [0.2, 0.25) is 0 Å². The third-order valence-corrected chi connectivity index (χ3v) is 2.82. The molecule has 0 saturated heterocycles. The number of hydrogen-bond acceptors (Lipinski definition) is 6. The predicted octanol–water partition coefficient (Wildman–Crippen LogP) is 1.96. The van der Waals surface area contributed by atoms with Gasteiger partial charge in [-0.1, -0.05) is 0 Å². The number of nitrogens with zero attached hydrogens (tertiary/aromatic N) is 1. The molecule has 0 aromatic carbocycles. The lowest BCUT2D eigenvalue weighted by molar-refractivity contribution is 0.194. The normalized spacial score (nSPS) is 10.4. The number of nitrogens with two attached hydrogens (primary N) is 1. The molecule has 0 saturated carbocycles. The summed E-state index contributed by atoms with van der Waals surface area (Å²) in [6.07, 6.45) is 2.10. The first-order valence-corrected chi connectivity index (χ1v) is 6.17. The highest BCUT2D eigenvalue weighted by molar-refractivity contribution is 7.11. The van der Waals surface area contributed by atoms with Crippen molar-refractivity contribution in [3.63, 3.8) is 0 Å². The van der Waals surface area contributed by atoms with Gasteiger partial charge in [-0.2, -0.15) is 4.37 Å². The molecule has 0 fully saturated rings. The van der Waals surface area contributed by atoms with Crippen molar-refractivity contribution < 1.29 is 9.47 Å². The summed E-state index contributed by atoms with van der Waals surface area (Å²) in [6, 6.07) is 0.